The van der Waals surface area contributed by atoms with E-state index in [0.717, 1.165) is 48.8 Å². The highest BCUT2D eigenvalue weighted by Crippen LogP contribution is 2.32. The fraction of sp³-hybridized carbons (Fsp3) is 0.438. The summed E-state index contributed by atoms with van der Waals surface area (Å²) >= 11 is 1.62. The average Bonchev–Trinajstić information content (AvgIpc) is 3.33. The first kappa shape index (κ1) is 15.5. The molecule has 2 N–H and O–H groups in total. The summed E-state index contributed by atoms with van der Waals surface area (Å²) in [6.07, 6.45) is 1.69. The van der Waals surface area contributed by atoms with Crippen LogP contribution in [-0.4, -0.2) is 51.3 Å². The maximum absolute atomic E-state index is 9.33. The molecule has 0 radical (unpaired) electrons. The molecular weight excluding hydrogens is 326 g/mol. The van der Waals surface area contributed by atoms with Gasteiger partial charge in [-0.3, -0.25) is 0 Å². The van der Waals surface area contributed by atoms with E-state index in [2.05, 4.69) is 20.6 Å². The van der Waals surface area contributed by atoms with Crippen molar-refractivity contribution in [2.45, 2.75) is 12.8 Å². The van der Waals surface area contributed by atoms with Crippen LogP contribution in [0.25, 0.3) is 17.0 Å². The van der Waals surface area contributed by atoms with Crippen LogP contribution in [-0.2, 0) is 4.74 Å². The van der Waals surface area contributed by atoms with Gasteiger partial charge >= 0.3 is 0 Å². The maximum Gasteiger partial charge on any atom is 0.186 e. The van der Waals surface area contributed by atoms with Crippen molar-refractivity contribution in [1.29, 1.82) is 0 Å². The summed E-state index contributed by atoms with van der Waals surface area (Å²) < 4.78 is 7.29. The van der Waals surface area contributed by atoms with Crippen LogP contribution in [0.2, 0.25) is 0 Å². The molecule has 4 rings (SSSR count). The van der Waals surface area contributed by atoms with Crippen LogP contribution in [0.5, 0.6) is 0 Å². The van der Waals surface area contributed by atoms with E-state index in [1.807, 2.05) is 29.0 Å². The van der Waals surface area contributed by atoms with Crippen molar-refractivity contribution in [3.63, 3.8) is 0 Å². The summed E-state index contributed by atoms with van der Waals surface area (Å²) in [7, 11) is 0. The highest BCUT2D eigenvalue weighted by molar-refractivity contribution is 7.08. The van der Waals surface area contributed by atoms with Gasteiger partial charge in [0.2, 0.25) is 0 Å². The fourth-order valence-corrected chi connectivity index (χ4v) is 3.68. The van der Waals surface area contributed by atoms with Crippen molar-refractivity contribution in [3.8, 4) is 11.4 Å². The molecule has 24 heavy (non-hydrogen) atoms. The van der Waals surface area contributed by atoms with Crippen LogP contribution in [0, 0.1) is 5.41 Å². The van der Waals surface area contributed by atoms with E-state index in [-0.39, 0.29) is 12.0 Å². The molecule has 0 unspecified atom stereocenters. The van der Waals surface area contributed by atoms with Crippen molar-refractivity contribution < 1.29 is 9.84 Å². The van der Waals surface area contributed by atoms with Gasteiger partial charge in [-0.1, -0.05) is 0 Å². The molecule has 1 saturated heterocycles. The van der Waals surface area contributed by atoms with Gasteiger partial charge in [0.15, 0.2) is 11.5 Å². The predicted molar refractivity (Wildman–Crippen MR) is 92.2 cm³/mol. The molecule has 0 bridgehead atoms. The van der Waals surface area contributed by atoms with Gasteiger partial charge in [-0.05, 0) is 36.4 Å². The zero-order valence-corrected chi connectivity index (χ0v) is 14.0. The number of ether oxygens (including phenoxy) is 1. The Morgan fingerprint density at radius 1 is 1.33 bits per heavy atom. The zero-order chi connectivity index (χ0) is 16.4. The van der Waals surface area contributed by atoms with Gasteiger partial charge in [0, 0.05) is 36.1 Å². The third-order valence-electron chi connectivity index (χ3n) is 4.51. The van der Waals surface area contributed by atoms with E-state index in [0.29, 0.717) is 6.61 Å². The van der Waals surface area contributed by atoms with E-state index in [4.69, 9.17) is 4.74 Å². The number of nitrogens with zero attached hydrogens (tertiary/aromatic N) is 4. The Hall–Kier alpha value is -2.03. The number of hydrogen-bond acceptors (Lipinski definition) is 7. The summed E-state index contributed by atoms with van der Waals surface area (Å²) in [5.74, 6) is 1.51. The smallest absolute Gasteiger partial charge is 0.186 e. The molecule has 4 heterocycles. The van der Waals surface area contributed by atoms with E-state index >= 15 is 0 Å². The minimum absolute atomic E-state index is 0.0191. The molecule has 0 aromatic carbocycles. The lowest BCUT2D eigenvalue weighted by Crippen LogP contribution is -2.31. The summed E-state index contributed by atoms with van der Waals surface area (Å²) in [5, 5.41) is 29.8. The Labute approximate surface area is 143 Å². The van der Waals surface area contributed by atoms with Gasteiger partial charge in [0.05, 0.1) is 6.61 Å². The molecule has 3 aromatic heterocycles. The van der Waals surface area contributed by atoms with E-state index < -0.39 is 0 Å². The lowest BCUT2D eigenvalue weighted by atomic mass is 9.84. The number of aliphatic hydroxyl groups excluding tert-OH is 1. The molecule has 3 aromatic rings. The van der Waals surface area contributed by atoms with Crippen molar-refractivity contribution in [1.82, 2.24) is 19.8 Å². The molecule has 0 saturated carbocycles. The van der Waals surface area contributed by atoms with E-state index in [9.17, 15) is 5.11 Å². The molecule has 0 spiro atoms. The highest BCUT2D eigenvalue weighted by Gasteiger charge is 2.34. The summed E-state index contributed by atoms with van der Waals surface area (Å²) in [6, 6.07) is 5.82. The third kappa shape index (κ3) is 2.88. The van der Waals surface area contributed by atoms with Crippen LogP contribution in [0.1, 0.15) is 12.8 Å². The van der Waals surface area contributed by atoms with Gasteiger partial charge in [0.25, 0.3) is 0 Å². The molecule has 7 nitrogen and oxygen atoms in total. The van der Waals surface area contributed by atoms with Crippen LogP contribution < -0.4 is 5.32 Å². The van der Waals surface area contributed by atoms with Crippen LogP contribution >= 0.6 is 11.3 Å². The maximum atomic E-state index is 9.33. The number of anilines is 1. The summed E-state index contributed by atoms with van der Waals surface area (Å²) in [5.41, 5.74) is 1.71. The predicted octanol–water partition coefficient (Wildman–Crippen LogP) is 2.05. The Kier molecular flexibility index (Phi) is 4.17. The second-order valence-corrected chi connectivity index (χ2v) is 6.93. The molecule has 1 aliphatic rings. The average molecular weight is 345 g/mol. The van der Waals surface area contributed by atoms with Crippen molar-refractivity contribution >= 4 is 22.8 Å². The topological polar surface area (TPSA) is 84.6 Å². The molecular formula is C16H19N5O2S. The normalized spacial score (nSPS) is 20.7. The standard InChI is InChI=1S/C16H19N5O2S/c22-6-4-16(5-7-23-11-16)10-17-13-1-2-14-18-19-15(21(14)20-13)12-3-8-24-9-12/h1-3,8-9,22H,4-7,10-11H2,(H,17,20)/t16-/m1/s1. The first-order valence-electron chi connectivity index (χ1n) is 7.97. The van der Waals surface area contributed by atoms with Gasteiger partial charge in [-0.25, -0.2) is 0 Å². The summed E-state index contributed by atoms with van der Waals surface area (Å²) in [6.45, 7) is 2.32. The second kappa shape index (κ2) is 6.46. The van der Waals surface area contributed by atoms with Gasteiger partial charge in [0.1, 0.15) is 5.82 Å². The molecule has 1 aliphatic heterocycles. The molecule has 8 heteroatoms. The zero-order valence-electron chi connectivity index (χ0n) is 13.2. The number of fused-ring (bicyclic) bond motifs is 1. The highest BCUT2D eigenvalue weighted by atomic mass is 32.1. The molecule has 0 amide bonds. The van der Waals surface area contributed by atoms with Crippen molar-refractivity contribution in [3.05, 3.63) is 29.0 Å². The number of aromatic nitrogens is 4. The monoisotopic (exact) mass is 345 g/mol. The Morgan fingerprint density at radius 2 is 2.29 bits per heavy atom. The van der Waals surface area contributed by atoms with Crippen molar-refractivity contribution in [2.24, 2.45) is 5.41 Å². The Bertz CT molecular complexity index is 811. The molecule has 126 valence electrons. The number of thiophene rings is 1. The number of nitrogens with one attached hydrogen (secondary N) is 1. The largest absolute Gasteiger partial charge is 0.396 e. The fourth-order valence-electron chi connectivity index (χ4n) is 3.04. The van der Waals surface area contributed by atoms with Crippen LogP contribution in [0.4, 0.5) is 5.82 Å². The molecule has 1 fully saturated rings. The third-order valence-corrected chi connectivity index (χ3v) is 5.20. The van der Waals surface area contributed by atoms with Gasteiger partial charge in [-0.2, -0.15) is 15.9 Å². The van der Waals surface area contributed by atoms with E-state index in [1.165, 1.54) is 0 Å². The SMILES string of the molecule is OCC[C@]1(CNc2ccc3nnc(-c4ccsc4)n3n2)CCOC1. The van der Waals surface area contributed by atoms with Crippen LogP contribution in [0.15, 0.2) is 29.0 Å². The lowest BCUT2D eigenvalue weighted by Gasteiger charge is -2.26. The van der Waals surface area contributed by atoms with Crippen molar-refractivity contribution in [2.75, 3.05) is 31.7 Å². The number of aliphatic hydroxyl groups is 1. The van der Waals surface area contributed by atoms with E-state index in [1.54, 1.807) is 15.9 Å². The first-order chi connectivity index (χ1) is 11.8. The first-order valence-corrected chi connectivity index (χ1v) is 8.91. The quantitative estimate of drug-likeness (QED) is 0.711. The summed E-state index contributed by atoms with van der Waals surface area (Å²) in [4.78, 5) is 0. The minimum Gasteiger partial charge on any atom is -0.396 e. The number of rotatable bonds is 6. The Morgan fingerprint density at radius 3 is 3.04 bits per heavy atom. The van der Waals surface area contributed by atoms with Crippen LogP contribution in [0.3, 0.4) is 0 Å². The molecule has 1 atom stereocenters. The Balaban J connectivity index is 1.57. The minimum atomic E-state index is -0.0191. The van der Waals surface area contributed by atoms with Gasteiger partial charge in [-0.15, -0.1) is 15.3 Å². The lowest BCUT2D eigenvalue weighted by molar-refractivity contribution is 0.133. The van der Waals surface area contributed by atoms with Gasteiger partial charge < -0.3 is 15.2 Å². The molecule has 0 aliphatic carbocycles. The second-order valence-electron chi connectivity index (χ2n) is 6.15. The number of hydrogen-bond donors (Lipinski definition) is 2.